The molecule has 0 spiro atoms. The lowest BCUT2D eigenvalue weighted by atomic mass is 10.0. The summed E-state index contributed by atoms with van der Waals surface area (Å²) >= 11 is 0. The number of aryl methyl sites for hydroxylation is 2. The van der Waals surface area contributed by atoms with Gasteiger partial charge in [0.1, 0.15) is 0 Å². The number of benzene rings is 2. The van der Waals surface area contributed by atoms with E-state index in [0.29, 0.717) is 0 Å². The van der Waals surface area contributed by atoms with Crippen LogP contribution in [0.25, 0.3) is 0 Å². The van der Waals surface area contributed by atoms with Crippen LogP contribution in [0.4, 0.5) is 0 Å². The Morgan fingerprint density at radius 1 is 0.500 bits per heavy atom. The molecule has 0 radical (unpaired) electrons. The Balaban J connectivity index is 1.45. The minimum absolute atomic E-state index is 0.137. The maximum atomic E-state index is 11.3. The van der Waals surface area contributed by atoms with Gasteiger partial charge >= 0.3 is 0 Å². The van der Waals surface area contributed by atoms with Crippen LogP contribution in [0.5, 0.6) is 0 Å². The van der Waals surface area contributed by atoms with Crippen molar-refractivity contribution in [1.82, 2.24) is 0 Å². The Kier molecular flexibility index (Phi) is 9.68. The van der Waals surface area contributed by atoms with Gasteiger partial charge in [-0.25, -0.2) is 0 Å². The van der Waals surface area contributed by atoms with Crippen molar-refractivity contribution in [3.05, 3.63) is 70.8 Å². The van der Waals surface area contributed by atoms with Gasteiger partial charge in [0, 0.05) is 11.1 Å². The molecule has 0 heterocycles. The van der Waals surface area contributed by atoms with Gasteiger partial charge in [-0.1, -0.05) is 87.1 Å². The van der Waals surface area contributed by atoms with Gasteiger partial charge in [0.25, 0.3) is 0 Å². The van der Waals surface area contributed by atoms with Gasteiger partial charge in [0.2, 0.25) is 0 Å². The number of hydrogen-bond acceptors (Lipinski definition) is 2. The normalized spacial score (nSPS) is 10.8. The monoisotopic (exact) mass is 378 g/mol. The molecular weight excluding hydrogens is 344 g/mol. The molecule has 0 aliphatic rings. The van der Waals surface area contributed by atoms with E-state index in [1.54, 1.807) is 13.8 Å². The third-order valence-corrected chi connectivity index (χ3v) is 5.40. The maximum absolute atomic E-state index is 11.3. The molecule has 0 saturated heterocycles. The number of Topliss-reactive ketones (excluding diaryl/α,β-unsaturated/α-hetero) is 2. The standard InChI is InChI=1S/C26H34O2/c1-21(27)25-17-13-23(14-18-25)11-9-7-5-3-4-6-8-10-12-24-15-19-26(20-16-24)22(2)28/h13-20H,3-12H2,1-2H3. The van der Waals surface area contributed by atoms with Gasteiger partial charge in [-0.15, -0.1) is 0 Å². The number of carbonyl (C=O) groups is 2. The second-order valence-electron chi connectivity index (χ2n) is 7.83. The summed E-state index contributed by atoms with van der Waals surface area (Å²) in [4.78, 5) is 22.6. The fraction of sp³-hybridized carbons (Fsp3) is 0.462. The molecule has 2 nitrogen and oxygen atoms in total. The van der Waals surface area contributed by atoms with E-state index >= 15 is 0 Å². The van der Waals surface area contributed by atoms with E-state index in [9.17, 15) is 9.59 Å². The summed E-state index contributed by atoms with van der Waals surface area (Å²) in [5, 5.41) is 0. The highest BCUT2D eigenvalue weighted by molar-refractivity contribution is 5.94. The predicted molar refractivity (Wildman–Crippen MR) is 117 cm³/mol. The van der Waals surface area contributed by atoms with Crippen LogP contribution in [0, 0.1) is 0 Å². The van der Waals surface area contributed by atoms with Crippen molar-refractivity contribution in [3.63, 3.8) is 0 Å². The molecule has 28 heavy (non-hydrogen) atoms. The average Bonchev–Trinajstić information content (AvgIpc) is 2.70. The van der Waals surface area contributed by atoms with Crippen LogP contribution in [0.15, 0.2) is 48.5 Å². The summed E-state index contributed by atoms with van der Waals surface area (Å²) in [6, 6.07) is 16.1. The first-order chi connectivity index (χ1) is 13.6. The van der Waals surface area contributed by atoms with Crippen molar-refractivity contribution in [2.75, 3.05) is 0 Å². The van der Waals surface area contributed by atoms with Gasteiger partial charge in [0.05, 0.1) is 0 Å². The third kappa shape index (κ3) is 8.21. The second kappa shape index (κ2) is 12.3. The van der Waals surface area contributed by atoms with Crippen molar-refractivity contribution < 1.29 is 9.59 Å². The number of unbranched alkanes of at least 4 members (excludes halogenated alkanes) is 7. The Bertz CT molecular complexity index is 661. The summed E-state index contributed by atoms with van der Waals surface area (Å²) in [6.07, 6.45) is 12.6. The van der Waals surface area contributed by atoms with Crippen molar-refractivity contribution in [3.8, 4) is 0 Å². The van der Waals surface area contributed by atoms with E-state index in [2.05, 4.69) is 24.3 Å². The predicted octanol–water partition coefficient (Wildman–Crippen LogP) is 7.00. The summed E-state index contributed by atoms with van der Waals surface area (Å²) in [5.74, 6) is 0.273. The molecule has 2 aromatic rings. The molecule has 2 heteroatoms. The van der Waals surface area contributed by atoms with E-state index < -0.39 is 0 Å². The summed E-state index contributed by atoms with van der Waals surface area (Å²) in [6.45, 7) is 3.23. The summed E-state index contributed by atoms with van der Waals surface area (Å²) in [7, 11) is 0. The first-order valence-corrected chi connectivity index (χ1v) is 10.8. The van der Waals surface area contributed by atoms with Crippen molar-refractivity contribution in [2.45, 2.75) is 78.1 Å². The molecule has 0 bridgehead atoms. The van der Waals surface area contributed by atoms with E-state index in [1.165, 1.54) is 62.5 Å². The summed E-state index contributed by atoms with van der Waals surface area (Å²) < 4.78 is 0. The highest BCUT2D eigenvalue weighted by Crippen LogP contribution is 2.14. The molecule has 0 aliphatic heterocycles. The van der Waals surface area contributed by atoms with Crippen molar-refractivity contribution in [2.24, 2.45) is 0 Å². The lowest BCUT2D eigenvalue weighted by Gasteiger charge is -2.05. The average molecular weight is 379 g/mol. The molecule has 2 rings (SSSR count). The maximum Gasteiger partial charge on any atom is 0.159 e. The Morgan fingerprint density at radius 2 is 0.786 bits per heavy atom. The van der Waals surface area contributed by atoms with E-state index in [1.807, 2.05) is 24.3 Å². The third-order valence-electron chi connectivity index (χ3n) is 5.40. The van der Waals surface area contributed by atoms with E-state index in [4.69, 9.17) is 0 Å². The molecule has 0 N–H and O–H groups in total. The molecule has 0 aliphatic carbocycles. The van der Waals surface area contributed by atoms with Crippen LogP contribution in [0.2, 0.25) is 0 Å². The zero-order valence-corrected chi connectivity index (χ0v) is 17.5. The molecule has 0 aromatic heterocycles. The van der Waals surface area contributed by atoms with Crippen molar-refractivity contribution >= 4 is 11.6 Å². The van der Waals surface area contributed by atoms with Gasteiger partial charge in [0.15, 0.2) is 11.6 Å². The summed E-state index contributed by atoms with van der Waals surface area (Å²) in [5.41, 5.74) is 4.27. The molecule has 0 atom stereocenters. The number of carbonyl (C=O) groups excluding carboxylic acids is 2. The topological polar surface area (TPSA) is 34.1 Å². The Labute approximate surface area is 170 Å². The lowest BCUT2D eigenvalue weighted by molar-refractivity contribution is 0.100. The van der Waals surface area contributed by atoms with Crippen LogP contribution in [0.1, 0.15) is 97.1 Å². The van der Waals surface area contributed by atoms with Crippen molar-refractivity contribution in [1.29, 1.82) is 0 Å². The molecular formula is C26H34O2. The van der Waals surface area contributed by atoms with Gasteiger partial charge in [-0.3, -0.25) is 9.59 Å². The minimum atomic E-state index is 0.137. The first-order valence-electron chi connectivity index (χ1n) is 10.8. The van der Waals surface area contributed by atoms with Crippen LogP contribution in [-0.2, 0) is 12.8 Å². The smallest absolute Gasteiger partial charge is 0.159 e. The zero-order chi connectivity index (χ0) is 20.2. The lowest BCUT2D eigenvalue weighted by Crippen LogP contribution is -1.93. The highest BCUT2D eigenvalue weighted by atomic mass is 16.1. The van der Waals surface area contributed by atoms with E-state index in [-0.39, 0.29) is 11.6 Å². The fourth-order valence-electron chi connectivity index (χ4n) is 3.53. The Hall–Kier alpha value is -2.22. The van der Waals surface area contributed by atoms with E-state index in [0.717, 1.165) is 24.0 Å². The second-order valence-corrected chi connectivity index (χ2v) is 7.83. The van der Waals surface area contributed by atoms with Crippen LogP contribution >= 0.6 is 0 Å². The molecule has 0 amide bonds. The van der Waals surface area contributed by atoms with Gasteiger partial charge in [-0.05, 0) is 50.7 Å². The molecule has 0 unspecified atom stereocenters. The SMILES string of the molecule is CC(=O)c1ccc(CCCCCCCCCCc2ccc(C(C)=O)cc2)cc1. The largest absolute Gasteiger partial charge is 0.295 e. The molecule has 0 saturated carbocycles. The minimum Gasteiger partial charge on any atom is -0.295 e. The van der Waals surface area contributed by atoms with Crippen LogP contribution in [-0.4, -0.2) is 11.6 Å². The molecule has 2 aromatic carbocycles. The highest BCUT2D eigenvalue weighted by Gasteiger charge is 2.01. The number of hydrogen-bond donors (Lipinski definition) is 0. The first kappa shape index (κ1) is 22.1. The van der Waals surface area contributed by atoms with Crippen LogP contribution < -0.4 is 0 Å². The molecule has 0 fully saturated rings. The van der Waals surface area contributed by atoms with Crippen LogP contribution in [0.3, 0.4) is 0 Å². The quantitative estimate of drug-likeness (QED) is 0.278. The van der Waals surface area contributed by atoms with Gasteiger partial charge in [-0.2, -0.15) is 0 Å². The zero-order valence-electron chi connectivity index (χ0n) is 17.5. The number of ketones is 2. The Morgan fingerprint density at radius 3 is 1.07 bits per heavy atom. The van der Waals surface area contributed by atoms with Gasteiger partial charge < -0.3 is 0 Å². The molecule has 150 valence electrons. The fourth-order valence-corrected chi connectivity index (χ4v) is 3.53. The number of rotatable bonds is 13.